The van der Waals surface area contributed by atoms with E-state index >= 15 is 0 Å². The van der Waals surface area contributed by atoms with E-state index in [9.17, 15) is 14.4 Å². The molecule has 3 rings (SSSR count). The predicted octanol–water partition coefficient (Wildman–Crippen LogP) is 3.55. The molecule has 0 saturated carbocycles. The number of fused-ring (bicyclic) bond motifs is 1. The summed E-state index contributed by atoms with van der Waals surface area (Å²) in [5.41, 5.74) is 2.72. The standard InChI is InChI=1S/C19H19BrN2O4/c1-10-8-12(6-7-13(10)20)22-16(24)9-21-19(25)18-11(2)17-14(23)4-3-5-15(17)26-18/h6-8H,3-5,9H2,1-2H3,(H,21,25)(H,22,24). The van der Waals surface area contributed by atoms with Crippen LogP contribution >= 0.6 is 15.9 Å². The molecule has 1 heterocycles. The maximum Gasteiger partial charge on any atom is 0.287 e. The number of rotatable bonds is 4. The summed E-state index contributed by atoms with van der Waals surface area (Å²) in [6.07, 6.45) is 1.86. The van der Waals surface area contributed by atoms with Gasteiger partial charge in [0.2, 0.25) is 5.91 Å². The van der Waals surface area contributed by atoms with Crippen LogP contribution in [0.2, 0.25) is 0 Å². The van der Waals surface area contributed by atoms with Crippen molar-refractivity contribution in [3.8, 4) is 0 Å². The minimum atomic E-state index is -0.494. The van der Waals surface area contributed by atoms with Crippen LogP contribution in [-0.4, -0.2) is 24.1 Å². The molecule has 0 atom stereocenters. The normalized spacial score (nSPS) is 13.3. The van der Waals surface area contributed by atoms with Crippen LogP contribution in [-0.2, 0) is 11.2 Å². The molecule has 0 radical (unpaired) electrons. The van der Waals surface area contributed by atoms with Crippen molar-refractivity contribution >= 4 is 39.2 Å². The molecule has 2 amide bonds. The summed E-state index contributed by atoms with van der Waals surface area (Å²) in [4.78, 5) is 36.4. The molecule has 26 heavy (non-hydrogen) atoms. The fourth-order valence-corrected chi connectivity index (χ4v) is 3.28. The van der Waals surface area contributed by atoms with E-state index in [0.29, 0.717) is 35.4 Å². The Bertz CT molecular complexity index is 901. The summed E-state index contributed by atoms with van der Waals surface area (Å²) < 4.78 is 6.53. The molecule has 0 unspecified atom stereocenters. The lowest BCUT2D eigenvalue weighted by atomic mass is 9.94. The monoisotopic (exact) mass is 418 g/mol. The van der Waals surface area contributed by atoms with Gasteiger partial charge in [0.15, 0.2) is 11.5 Å². The van der Waals surface area contributed by atoms with Crippen molar-refractivity contribution in [2.75, 3.05) is 11.9 Å². The van der Waals surface area contributed by atoms with E-state index in [1.54, 1.807) is 13.0 Å². The molecule has 0 fully saturated rings. The number of hydrogen-bond acceptors (Lipinski definition) is 4. The van der Waals surface area contributed by atoms with E-state index in [1.807, 2.05) is 19.1 Å². The van der Waals surface area contributed by atoms with Gasteiger partial charge in [-0.25, -0.2) is 0 Å². The van der Waals surface area contributed by atoms with Crippen molar-refractivity contribution in [1.82, 2.24) is 5.32 Å². The second kappa shape index (κ2) is 7.45. The number of Topliss-reactive ketones (excluding diaryl/α,β-unsaturated/α-hetero) is 1. The molecule has 0 bridgehead atoms. The van der Waals surface area contributed by atoms with Crippen LogP contribution in [0.25, 0.3) is 0 Å². The molecule has 1 aromatic carbocycles. The smallest absolute Gasteiger partial charge is 0.287 e. The van der Waals surface area contributed by atoms with E-state index in [4.69, 9.17) is 4.42 Å². The fourth-order valence-electron chi connectivity index (χ4n) is 3.03. The number of halogens is 1. The fraction of sp³-hybridized carbons (Fsp3) is 0.316. The lowest BCUT2D eigenvalue weighted by Gasteiger charge is -2.08. The number of anilines is 1. The molecule has 2 aromatic rings. The van der Waals surface area contributed by atoms with Gasteiger partial charge in [0, 0.05) is 28.6 Å². The quantitative estimate of drug-likeness (QED) is 0.794. The topological polar surface area (TPSA) is 88.4 Å². The van der Waals surface area contributed by atoms with Gasteiger partial charge in [-0.05, 0) is 44.0 Å². The van der Waals surface area contributed by atoms with Gasteiger partial charge in [0.25, 0.3) is 5.91 Å². The van der Waals surface area contributed by atoms with Crippen LogP contribution in [0.4, 0.5) is 5.69 Å². The van der Waals surface area contributed by atoms with E-state index in [-0.39, 0.29) is 24.0 Å². The maximum atomic E-state index is 12.3. The molecule has 0 spiro atoms. The number of ketones is 1. The van der Waals surface area contributed by atoms with Gasteiger partial charge < -0.3 is 15.1 Å². The van der Waals surface area contributed by atoms with Crippen LogP contribution in [0.15, 0.2) is 27.1 Å². The Balaban J connectivity index is 1.63. The summed E-state index contributed by atoms with van der Waals surface area (Å²) in [6, 6.07) is 5.45. The van der Waals surface area contributed by atoms with Crippen molar-refractivity contribution in [3.05, 3.63) is 50.9 Å². The first-order valence-electron chi connectivity index (χ1n) is 8.36. The van der Waals surface area contributed by atoms with Crippen LogP contribution in [0.1, 0.15) is 50.6 Å². The molecular weight excluding hydrogens is 400 g/mol. The SMILES string of the molecule is Cc1cc(NC(=O)CNC(=O)c2oc3c(c2C)C(=O)CCC3)ccc1Br. The van der Waals surface area contributed by atoms with Crippen molar-refractivity contribution < 1.29 is 18.8 Å². The van der Waals surface area contributed by atoms with E-state index in [0.717, 1.165) is 16.5 Å². The summed E-state index contributed by atoms with van der Waals surface area (Å²) in [6.45, 7) is 3.43. The highest BCUT2D eigenvalue weighted by Gasteiger charge is 2.28. The van der Waals surface area contributed by atoms with Crippen LogP contribution in [0.5, 0.6) is 0 Å². The first kappa shape index (κ1) is 18.4. The molecule has 7 heteroatoms. The molecule has 0 saturated heterocycles. The molecule has 0 aliphatic heterocycles. The second-order valence-corrected chi connectivity index (χ2v) is 7.18. The van der Waals surface area contributed by atoms with Crippen LogP contribution in [0, 0.1) is 13.8 Å². The van der Waals surface area contributed by atoms with Crippen molar-refractivity contribution in [1.29, 1.82) is 0 Å². The van der Waals surface area contributed by atoms with Crippen LogP contribution in [0.3, 0.4) is 0 Å². The lowest BCUT2D eigenvalue weighted by molar-refractivity contribution is -0.115. The highest BCUT2D eigenvalue weighted by atomic mass is 79.9. The second-order valence-electron chi connectivity index (χ2n) is 6.33. The van der Waals surface area contributed by atoms with E-state index in [1.165, 1.54) is 0 Å². The zero-order valence-corrected chi connectivity index (χ0v) is 16.2. The number of aryl methyl sites for hydroxylation is 2. The summed E-state index contributed by atoms with van der Waals surface area (Å²) in [5, 5.41) is 5.27. The summed E-state index contributed by atoms with van der Waals surface area (Å²) in [5.74, 6) is -0.150. The third-order valence-corrected chi connectivity index (χ3v) is 5.25. The van der Waals surface area contributed by atoms with Gasteiger partial charge in [-0.3, -0.25) is 14.4 Å². The largest absolute Gasteiger partial charge is 0.455 e. The predicted molar refractivity (Wildman–Crippen MR) is 101 cm³/mol. The van der Waals surface area contributed by atoms with E-state index in [2.05, 4.69) is 26.6 Å². The minimum Gasteiger partial charge on any atom is -0.455 e. The van der Waals surface area contributed by atoms with Gasteiger partial charge in [0.1, 0.15) is 5.76 Å². The highest BCUT2D eigenvalue weighted by Crippen LogP contribution is 2.29. The van der Waals surface area contributed by atoms with Gasteiger partial charge in [-0.1, -0.05) is 15.9 Å². The summed E-state index contributed by atoms with van der Waals surface area (Å²) in [7, 11) is 0. The number of carbonyl (C=O) groups excluding carboxylic acids is 3. The van der Waals surface area contributed by atoms with Crippen molar-refractivity contribution in [3.63, 3.8) is 0 Å². The first-order chi connectivity index (χ1) is 12.4. The number of nitrogens with one attached hydrogen (secondary N) is 2. The Morgan fingerprint density at radius 1 is 1.23 bits per heavy atom. The molecule has 2 N–H and O–H groups in total. The maximum absolute atomic E-state index is 12.3. The molecule has 136 valence electrons. The van der Waals surface area contributed by atoms with Crippen molar-refractivity contribution in [2.24, 2.45) is 0 Å². The zero-order chi connectivity index (χ0) is 18.8. The molecule has 6 nitrogen and oxygen atoms in total. The number of carbonyl (C=O) groups is 3. The lowest BCUT2D eigenvalue weighted by Crippen LogP contribution is -2.33. The number of furan rings is 1. The highest BCUT2D eigenvalue weighted by molar-refractivity contribution is 9.10. The van der Waals surface area contributed by atoms with E-state index < -0.39 is 5.91 Å². The zero-order valence-electron chi connectivity index (χ0n) is 14.6. The molecule has 1 aromatic heterocycles. The molecular formula is C19H19BrN2O4. The third kappa shape index (κ3) is 3.72. The van der Waals surface area contributed by atoms with Gasteiger partial charge in [-0.2, -0.15) is 0 Å². The van der Waals surface area contributed by atoms with Crippen molar-refractivity contribution in [2.45, 2.75) is 33.1 Å². The average Bonchev–Trinajstić information content (AvgIpc) is 2.94. The van der Waals surface area contributed by atoms with Gasteiger partial charge in [0.05, 0.1) is 12.1 Å². The minimum absolute atomic E-state index is 0.00917. The first-order valence-corrected chi connectivity index (χ1v) is 9.15. The Labute approximate surface area is 159 Å². The van der Waals surface area contributed by atoms with Crippen LogP contribution < -0.4 is 10.6 Å². The number of benzene rings is 1. The third-order valence-electron chi connectivity index (χ3n) is 4.36. The molecule has 1 aliphatic carbocycles. The Hall–Kier alpha value is -2.41. The number of hydrogen-bond donors (Lipinski definition) is 2. The van der Waals surface area contributed by atoms with Gasteiger partial charge in [-0.15, -0.1) is 0 Å². The summed E-state index contributed by atoms with van der Waals surface area (Å²) >= 11 is 3.40. The van der Waals surface area contributed by atoms with Gasteiger partial charge >= 0.3 is 0 Å². The Kier molecular flexibility index (Phi) is 5.27. The number of amides is 2. The Morgan fingerprint density at radius 3 is 2.69 bits per heavy atom. The average molecular weight is 419 g/mol. The molecule has 1 aliphatic rings. The Morgan fingerprint density at radius 2 is 2.00 bits per heavy atom.